The second-order valence-electron chi connectivity index (χ2n) is 43.4. The standard InChI is InChI=1S/C90H156N6O17/c1-28-31-42-88(71(98)109-65-51-78(8,9)92(103)79(10,11)52-65,72(99)110-66-53-80(12,13)93(104)81(14,15)54-66)45-34-37-61-40-41-62(38-35-46-89(43-32-29-2,73(100)111-67-55-82(16,17)94(105)83(18,19)56-67)74(101)112-68-57-84(20,21)95(106)85(22,23)58-68)63(48-61)39-36-47-90(44-33-30-3,70(97)108-64-49-76(4,5)91-77(6,7)50-64)75(102)113-69-59-86(24,25)96(107)87(26,27)60-69/h40-41,48,64-69,91,103-107H,28-39,42-47,49-60H2,1-27H3. The first-order valence-electron chi connectivity index (χ1n) is 43.3. The van der Waals surface area contributed by atoms with Crippen LogP contribution in [-0.2, 0) is 76.5 Å². The van der Waals surface area contributed by atoms with Crippen LogP contribution in [0, 0.1) is 16.2 Å². The Kier molecular flexibility index (Phi) is 30.1. The summed E-state index contributed by atoms with van der Waals surface area (Å²) in [5, 5.41) is 67.4. The smallest absolute Gasteiger partial charge is 0.323 e. The molecule has 23 nitrogen and oxygen atoms in total. The number of unbranched alkanes of at least 4 members (excludes halogenated alkanes) is 3. The summed E-state index contributed by atoms with van der Waals surface area (Å²) in [6, 6.07) is 6.25. The lowest BCUT2D eigenvalue weighted by atomic mass is 9.75. The van der Waals surface area contributed by atoms with Crippen molar-refractivity contribution >= 4 is 35.8 Å². The Morgan fingerprint density at radius 3 is 0.726 bits per heavy atom. The number of piperidine rings is 6. The molecule has 0 amide bonds. The third-order valence-corrected chi connectivity index (χ3v) is 26.5. The third kappa shape index (κ3) is 22.6. The summed E-state index contributed by atoms with van der Waals surface area (Å²) < 4.78 is 39.9. The second kappa shape index (κ2) is 35.5. The van der Waals surface area contributed by atoms with Crippen molar-refractivity contribution in [3.63, 3.8) is 0 Å². The highest BCUT2D eigenvalue weighted by Gasteiger charge is 2.59. The van der Waals surface area contributed by atoms with Gasteiger partial charge in [-0.2, -0.15) is 25.3 Å². The van der Waals surface area contributed by atoms with Gasteiger partial charge in [0.15, 0.2) is 16.2 Å². The van der Waals surface area contributed by atoms with Crippen molar-refractivity contribution in [2.24, 2.45) is 16.2 Å². The molecule has 7 rings (SSSR count). The number of nitrogens with zero attached hydrogens (tertiary/aromatic N) is 5. The highest BCUT2D eigenvalue weighted by atomic mass is 16.6. The molecule has 0 spiro atoms. The molecule has 0 saturated carbocycles. The minimum atomic E-state index is -1.76. The van der Waals surface area contributed by atoms with Gasteiger partial charge in [0, 0.05) is 144 Å². The van der Waals surface area contributed by atoms with Crippen LogP contribution in [0.3, 0.4) is 0 Å². The monoisotopic (exact) mass is 1590 g/mol. The van der Waals surface area contributed by atoms with Crippen molar-refractivity contribution in [2.75, 3.05) is 0 Å². The Hall–Kier alpha value is -4.40. The van der Waals surface area contributed by atoms with E-state index in [1.165, 1.54) is 25.3 Å². The van der Waals surface area contributed by atoms with Crippen LogP contribution in [0.1, 0.15) is 377 Å². The van der Waals surface area contributed by atoms with Gasteiger partial charge in [-0.3, -0.25) is 28.8 Å². The van der Waals surface area contributed by atoms with E-state index < -0.39 is 155 Å². The molecule has 6 N–H and O–H groups in total. The number of esters is 6. The first kappa shape index (κ1) is 95.7. The molecule has 6 aliphatic heterocycles. The van der Waals surface area contributed by atoms with Crippen LogP contribution in [0.5, 0.6) is 0 Å². The van der Waals surface area contributed by atoms with Crippen LogP contribution in [0.4, 0.5) is 0 Å². The molecule has 6 fully saturated rings. The van der Waals surface area contributed by atoms with E-state index in [1.54, 1.807) is 0 Å². The van der Waals surface area contributed by atoms with E-state index in [1.807, 2.05) is 165 Å². The number of aryl methyl sites for hydroxylation is 3. The Balaban J connectivity index is 1.33. The van der Waals surface area contributed by atoms with Gasteiger partial charge in [0.05, 0.1) is 0 Å². The maximum atomic E-state index is 15.8. The van der Waals surface area contributed by atoms with E-state index in [-0.39, 0.29) is 38.5 Å². The number of nitrogens with one attached hydrogen (secondary N) is 1. The van der Waals surface area contributed by atoms with Crippen LogP contribution in [0.15, 0.2) is 18.2 Å². The van der Waals surface area contributed by atoms with Crippen LogP contribution in [0.2, 0.25) is 0 Å². The zero-order valence-corrected chi connectivity index (χ0v) is 75.3. The van der Waals surface area contributed by atoms with E-state index in [0.29, 0.717) is 154 Å². The predicted octanol–water partition coefficient (Wildman–Crippen LogP) is 17.8. The van der Waals surface area contributed by atoms with E-state index >= 15 is 28.8 Å². The Labute approximate surface area is 680 Å². The fourth-order valence-electron chi connectivity index (χ4n) is 21.6. The molecule has 1 aromatic carbocycles. The Bertz CT molecular complexity index is 3230. The van der Waals surface area contributed by atoms with E-state index in [9.17, 15) is 26.0 Å². The fourth-order valence-corrected chi connectivity index (χ4v) is 21.6. The van der Waals surface area contributed by atoms with Gasteiger partial charge in [0.2, 0.25) is 0 Å². The maximum Gasteiger partial charge on any atom is 0.323 e. The van der Waals surface area contributed by atoms with Crippen molar-refractivity contribution in [3.8, 4) is 0 Å². The van der Waals surface area contributed by atoms with E-state index in [4.69, 9.17) is 28.4 Å². The molecule has 23 heteroatoms. The molecule has 0 radical (unpaired) electrons. The van der Waals surface area contributed by atoms with Crippen molar-refractivity contribution in [2.45, 2.75) is 483 Å². The predicted molar refractivity (Wildman–Crippen MR) is 436 cm³/mol. The van der Waals surface area contributed by atoms with E-state index in [2.05, 4.69) is 45.1 Å². The summed E-state index contributed by atoms with van der Waals surface area (Å²) in [6.07, 6.45) is 6.85. The van der Waals surface area contributed by atoms with Crippen molar-refractivity contribution in [1.82, 2.24) is 30.6 Å². The third-order valence-electron chi connectivity index (χ3n) is 26.5. The van der Waals surface area contributed by atoms with Gasteiger partial charge in [-0.15, -0.1) is 0 Å². The molecule has 1 unspecified atom stereocenters. The summed E-state index contributed by atoms with van der Waals surface area (Å²) in [4.78, 5) is 94.3. The number of hydrogen-bond acceptors (Lipinski definition) is 23. The van der Waals surface area contributed by atoms with Crippen molar-refractivity contribution in [3.05, 3.63) is 34.9 Å². The summed E-state index contributed by atoms with van der Waals surface area (Å²) >= 11 is 0. The van der Waals surface area contributed by atoms with Gasteiger partial charge in [0.25, 0.3) is 0 Å². The van der Waals surface area contributed by atoms with Gasteiger partial charge in [-0.25, -0.2) is 0 Å². The largest absolute Gasteiger partial charge is 0.461 e. The molecular weight excluding hydrogens is 1440 g/mol. The van der Waals surface area contributed by atoms with Gasteiger partial charge in [-0.1, -0.05) is 77.5 Å². The molecule has 6 aliphatic rings. The highest BCUT2D eigenvalue weighted by molar-refractivity contribution is 6.01. The maximum absolute atomic E-state index is 15.8. The number of ether oxygens (including phenoxy) is 6. The first-order valence-corrected chi connectivity index (χ1v) is 43.3. The number of rotatable bonds is 33. The number of carbonyl (C=O) groups excluding carboxylic acids is 6. The lowest BCUT2D eigenvalue weighted by Gasteiger charge is -2.51. The number of benzene rings is 1. The molecule has 113 heavy (non-hydrogen) atoms. The topological polar surface area (TPSA) is 287 Å². The van der Waals surface area contributed by atoms with Gasteiger partial charge >= 0.3 is 35.8 Å². The molecule has 1 atom stereocenters. The lowest BCUT2D eigenvalue weighted by molar-refractivity contribution is -0.263. The van der Waals surface area contributed by atoms with Crippen LogP contribution >= 0.6 is 0 Å². The van der Waals surface area contributed by atoms with E-state index in [0.717, 1.165) is 16.7 Å². The minimum absolute atomic E-state index is 0.0578. The average molecular weight is 1590 g/mol. The molecule has 0 aromatic heterocycles. The van der Waals surface area contributed by atoms with Crippen molar-refractivity contribution < 1.29 is 83.2 Å². The summed E-state index contributed by atoms with van der Waals surface area (Å²) in [5.74, 6) is -3.93. The minimum Gasteiger partial charge on any atom is -0.461 e. The van der Waals surface area contributed by atoms with Crippen LogP contribution in [0.25, 0.3) is 0 Å². The first-order chi connectivity index (χ1) is 51.7. The quantitative estimate of drug-likeness (QED) is 0.0217. The normalized spacial score (nSPS) is 24.8. The van der Waals surface area contributed by atoms with Gasteiger partial charge in [0.1, 0.15) is 36.6 Å². The molecule has 0 aliphatic carbocycles. The lowest BCUT2D eigenvalue weighted by Crippen LogP contribution is -2.61. The fraction of sp³-hybridized carbons (Fsp3) is 0.867. The number of carbonyl (C=O) groups is 6. The summed E-state index contributed by atoms with van der Waals surface area (Å²) in [5.41, 5.74) is -11.0. The van der Waals surface area contributed by atoms with Crippen LogP contribution < -0.4 is 5.32 Å². The molecule has 6 heterocycles. The zero-order chi connectivity index (χ0) is 85.3. The zero-order valence-electron chi connectivity index (χ0n) is 75.3. The molecular formula is C90H156N6O17. The molecule has 0 bridgehead atoms. The van der Waals surface area contributed by atoms with Crippen molar-refractivity contribution in [1.29, 1.82) is 0 Å². The summed E-state index contributed by atoms with van der Waals surface area (Å²) in [7, 11) is 0. The highest BCUT2D eigenvalue weighted by Crippen LogP contribution is 2.49. The Morgan fingerprint density at radius 2 is 0.504 bits per heavy atom. The van der Waals surface area contributed by atoms with Crippen LogP contribution in [-0.4, -0.2) is 190 Å². The van der Waals surface area contributed by atoms with Gasteiger partial charge in [-0.05, 0) is 260 Å². The number of hydroxylamine groups is 10. The summed E-state index contributed by atoms with van der Waals surface area (Å²) in [6.45, 7) is 52.6. The molecule has 6 saturated heterocycles. The molecule has 648 valence electrons. The van der Waals surface area contributed by atoms with Gasteiger partial charge < -0.3 is 59.8 Å². The number of hydrogen-bond donors (Lipinski definition) is 6. The second-order valence-corrected chi connectivity index (χ2v) is 43.4. The SMILES string of the molecule is CCCCC(CCCc1cc(CCCC(CCCC)(C(=O)OC2CC(C)(C)N(O)C(C)(C)C2)C(=O)OC2CC(C)(C)N(O)C(C)(C)C2)ccc1CCCC(CCCC)(C(=O)OC1CC(C)(C)N(O)C(C)(C)C1)C(=O)OC1CC(C)(C)N(O)C(C)(C)C1)(C(=O)OC1CC(C)(C)NC(C)(C)C1)C(=O)OC1CC(C)(C)N(O)C(C)(C)C1. The Morgan fingerprint density at radius 1 is 0.310 bits per heavy atom. The molecule has 1 aromatic rings. The average Bonchev–Trinajstić information content (AvgIpc) is 0.767.